The predicted molar refractivity (Wildman–Crippen MR) is 120 cm³/mol. The monoisotopic (exact) mass is 407 g/mol. The molecule has 0 heterocycles. The number of benzene rings is 3. The largest absolute Gasteiger partial charge is 0.465 e. The molecule has 0 bridgehead atoms. The lowest BCUT2D eigenvalue weighted by molar-refractivity contribution is -0.0757. The van der Waals surface area contributed by atoms with E-state index >= 15 is 0 Å². The van der Waals surface area contributed by atoms with Crippen LogP contribution in [0, 0.1) is 0 Å². The van der Waals surface area contributed by atoms with Crippen molar-refractivity contribution in [3.8, 4) is 5.75 Å². The molecule has 0 spiro atoms. The minimum absolute atomic E-state index is 0.139. The Labute approximate surface area is 178 Å². The number of rotatable bonds is 9. The van der Waals surface area contributed by atoms with E-state index in [1.807, 2.05) is 37.3 Å². The van der Waals surface area contributed by atoms with Gasteiger partial charge in [-0.25, -0.2) is 4.79 Å². The molecule has 0 aromatic heterocycles. The topological polar surface area (TPSA) is 56.8 Å². The van der Waals surface area contributed by atoms with Crippen molar-refractivity contribution >= 4 is 22.6 Å². The minimum Gasteiger partial charge on any atom is -0.465 e. The van der Waals surface area contributed by atoms with Gasteiger partial charge in [-0.15, -0.1) is 0 Å². The van der Waals surface area contributed by atoms with E-state index in [9.17, 15) is 4.79 Å². The summed E-state index contributed by atoms with van der Waals surface area (Å²) in [6.45, 7) is 6.65. The molecular weight excluding hydrogens is 378 g/mol. The number of hydrogen-bond acceptors (Lipinski definition) is 4. The Hall–Kier alpha value is -3.05. The number of carbonyl (C=O) groups is 1. The molecule has 0 aliphatic heterocycles. The Kier molecular flexibility index (Phi) is 7.69. The molecule has 158 valence electrons. The molecule has 5 heteroatoms. The molecule has 0 radical (unpaired) electrons. The molecule has 3 aromatic rings. The van der Waals surface area contributed by atoms with Gasteiger partial charge in [0.15, 0.2) is 6.29 Å². The van der Waals surface area contributed by atoms with E-state index in [-0.39, 0.29) is 13.2 Å². The second-order valence-electron chi connectivity index (χ2n) is 7.19. The molecule has 3 aromatic carbocycles. The summed E-state index contributed by atoms with van der Waals surface area (Å²) >= 11 is 0. The van der Waals surface area contributed by atoms with Crippen molar-refractivity contribution in [2.75, 3.05) is 18.5 Å². The summed E-state index contributed by atoms with van der Waals surface area (Å²) in [6, 6.07) is 21.6. The first kappa shape index (κ1) is 21.7. The van der Waals surface area contributed by atoms with Crippen LogP contribution in [0.2, 0.25) is 0 Å². The number of ether oxygens (including phenoxy) is 3. The van der Waals surface area contributed by atoms with Crippen molar-refractivity contribution < 1.29 is 19.0 Å². The van der Waals surface area contributed by atoms with E-state index in [1.54, 1.807) is 12.1 Å². The Morgan fingerprint density at radius 2 is 1.63 bits per heavy atom. The van der Waals surface area contributed by atoms with E-state index < -0.39 is 12.4 Å². The molecule has 0 aliphatic rings. The van der Waals surface area contributed by atoms with E-state index in [0.29, 0.717) is 11.6 Å². The summed E-state index contributed by atoms with van der Waals surface area (Å²) in [4.78, 5) is 11.8. The van der Waals surface area contributed by atoms with Crippen molar-refractivity contribution in [2.24, 2.45) is 0 Å². The summed E-state index contributed by atoms with van der Waals surface area (Å²) in [5.74, 6) is 1.27. The van der Waals surface area contributed by atoms with Gasteiger partial charge in [0.1, 0.15) is 12.4 Å². The van der Waals surface area contributed by atoms with Crippen molar-refractivity contribution in [3.63, 3.8) is 0 Å². The number of hydrogen-bond donors (Lipinski definition) is 1. The SMILES string of the molecule is CCC(C)c1cccc2c(OC(C)OCCOC(=O)Nc3ccccc3)cccc12. The van der Waals surface area contributed by atoms with Crippen LogP contribution in [0.4, 0.5) is 10.5 Å². The fourth-order valence-electron chi connectivity index (χ4n) is 3.29. The van der Waals surface area contributed by atoms with E-state index in [4.69, 9.17) is 14.2 Å². The molecule has 5 nitrogen and oxygen atoms in total. The second kappa shape index (κ2) is 10.6. The van der Waals surface area contributed by atoms with Crippen LogP contribution >= 0.6 is 0 Å². The normalized spacial score (nSPS) is 12.9. The van der Waals surface area contributed by atoms with Crippen LogP contribution in [0.25, 0.3) is 10.8 Å². The zero-order valence-electron chi connectivity index (χ0n) is 17.8. The number of fused-ring (bicyclic) bond motifs is 1. The molecular formula is C25H29NO4. The van der Waals surface area contributed by atoms with Gasteiger partial charge in [0.05, 0.1) is 6.61 Å². The fourth-order valence-corrected chi connectivity index (χ4v) is 3.29. The van der Waals surface area contributed by atoms with E-state index in [1.165, 1.54) is 10.9 Å². The molecule has 0 saturated carbocycles. The third-order valence-electron chi connectivity index (χ3n) is 5.04. The molecule has 2 atom stereocenters. The highest BCUT2D eigenvalue weighted by atomic mass is 16.7. The van der Waals surface area contributed by atoms with Crippen molar-refractivity contribution in [1.29, 1.82) is 0 Å². The van der Waals surface area contributed by atoms with E-state index in [0.717, 1.165) is 17.6 Å². The average molecular weight is 408 g/mol. The number of para-hydroxylation sites is 1. The Morgan fingerprint density at radius 1 is 0.900 bits per heavy atom. The van der Waals surface area contributed by atoms with Crippen LogP contribution in [-0.4, -0.2) is 25.6 Å². The summed E-state index contributed by atoms with van der Waals surface area (Å²) in [6.07, 6.45) is 0.107. The molecule has 1 amide bonds. The smallest absolute Gasteiger partial charge is 0.411 e. The lowest BCUT2D eigenvalue weighted by atomic mass is 9.93. The van der Waals surface area contributed by atoms with Gasteiger partial charge in [-0.3, -0.25) is 5.32 Å². The lowest BCUT2D eigenvalue weighted by Gasteiger charge is -2.19. The Bertz CT molecular complexity index is 958. The fraction of sp³-hybridized carbons (Fsp3) is 0.320. The highest BCUT2D eigenvalue weighted by Gasteiger charge is 2.12. The van der Waals surface area contributed by atoms with Crippen LogP contribution in [-0.2, 0) is 9.47 Å². The van der Waals surface area contributed by atoms with Crippen molar-refractivity contribution in [1.82, 2.24) is 0 Å². The molecule has 2 unspecified atom stereocenters. The molecule has 0 aliphatic carbocycles. The second-order valence-corrected chi connectivity index (χ2v) is 7.19. The quantitative estimate of drug-likeness (QED) is 0.332. The van der Waals surface area contributed by atoms with Gasteiger partial charge in [-0.05, 0) is 48.4 Å². The summed E-state index contributed by atoms with van der Waals surface area (Å²) in [7, 11) is 0. The number of anilines is 1. The standard InChI is InChI=1S/C25H29NO4/c1-4-18(2)21-12-8-14-23-22(21)13-9-15-24(23)30-19(3)28-16-17-29-25(27)26-20-10-6-5-7-11-20/h5-15,18-19H,4,16-17H2,1-3H3,(H,26,27). The predicted octanol–water partition coefficient (Wildman–Crippen LogP) is 6.34. The van der Waals surface area contributed by atoms with Crippen LogP contribution < -0.4 is 10.1 Å². The van der Waals surface area contributed by atoms with Crippen LogP contribution in [0.5, 0.6) is 5.75 Å². The van der Waals surface area contributed by atoms with Crippen molar-refractivity contribution in [2.45, 2.75) is 39.4 Å². The summed E-state index contributed by atoms with van der Waals surface area (Å²) in [5, 5.41) is 4.94. The zero-order chi connectivity index (χ0) is 21.3. The first-order valence-corrected chi connectivity index (χ1v) is 10.4. The molecule has 0 saturated heterocycles. The highest BCUT2D eigenvalue weighted by molar-refractivity contribution is 5.91. The van der Waals surface area contributed by atoms with Gasteiger partial charge < -0.3 is 14.2 Å². The molecule has 3 rings (SSSR count). The van der Waals surface area contributed by atoms with Crippen molar-refractivity contribution in [3.05, 3.63) is 72.3 Å². The number of nitrogens with one attached hydrogen (secondary N) is 1. The molecule has 0 fully saturated rings. The van der Waals surface area contributed by atoms with Gasteiger partial charge in [-0.2, -0.15) is 0 Å². The van der Waals surface area contributed by atoms with E-state index in [2.05, 4.69) is 43.4 Å². The first-order valence-electron chi connectivity index (χ1n) is 10.4. The van der Waals surface area contributed by atoms with Gasteiger partial charge in [-0.1, -0.05) is 62.4 Å². The lowest BCUT2D eigenvalue weighted by Crippen LogP contribution is -2.21. The molecule has 30 heavy (non-hydrogen) atoms. The number of amides is 1. The van der Waals surface area contributed by atoms with Crippen LogP contribution in [0.3, 0.4) is 0 Å². The molecule has 1 N–H and O–H groups in total. The maximum atomic E-state index is 11.8. The Balaban J connectivity index is 1.51. The summed E-state index contributed by atoms with van der Waals surface area (Å²) in [5.41, 5.74) is 2.01. The third-order valence-corrected chi connectivity index (χ3v) is 5.04. The number of carbonyl (C=O) groups excluding carboxylic acids is 1. The maximum absolute atomic E-state index is 11.8. The van der Waals surface area contributed by atoms with Crippen LogP contribution in [0.15, 0.2) is 66.7 Å². The van der Waals surface area contributed by atoms with Gasteiger partial charge in [0.2, 0.25) is 0 Å². The van der Waals surface area contributed by atoms with Crippen LogP contribution in [0.1, 0.15) is 38.7 Å². The zero-order valence-corrected chi connectivity index (χ0v) is 17.8. The van der Waals surface area contributed by atoms with Gasteiger partial charge >= 0.3 is 6.09 Å². The highest BCUT2D eigenvalue weighted by Crippen LogP contribution is 2.33. The average Bonchev–Trinajstić information content (AvgIpc) is 2.77. The maximum Gasteiger partial charge on any atom is 0.411 e. The Morgan fingerprint density at radius 3 is 2.40 bits per heavy atom. The first-order chi connectivity index (χ1) is 14.6. The summed E-state index contributed by atoms with van der Waals surface area (Å²) < 4.78 is 16.8. The van der Waals surface area contributed by atoms with Gasteiger partial charge in [0.25, 0.3) is 0 Å². The minimum atomic E-state index is -0.509. The third kappa shape index (κ3) is 5.74. The van der Waals surface area contributed by atoms with Gasteiger partial charge in [0, 0.05) is 11.1 Å².